The number of likely N-dealkylation sites (N-methyl/N-ethyl adjacent to an activating group) is 1. The molecule has 2 heterocycles. The first-order valence-corrected chi connectivity index (χ1v) is 7.56. The van der Waals surface area contributed by atoms with Crippen molar-refractivity contribution < 1.29 is 0 Å². The number of rotatable bonds is 7. The Morgan fingerprint density at radius 2 is 2.26 bits per heavy atom. The standard InChI is InChI=1S/C13H21N5S/c1-4-10(3)18-7-6-11(16-18)8-12(14-5-2)13-9-15-17-19-13/h6-7,9-10,12,14H,4-5,8H2,1-3H3. The Morgan fingerprint density at radius 3 is 2.89 bits per heavy atom. The first-order chi connectivity index (χ1) is 9.24. The van der Waals surface area contributed by atoms with E-state index in [4.69, 9.17) is 0 Å². The average molecular weight is 279 g/mol. The summed E-state index contributed by atoms with van der Waals surface area (Å²) in [5.41, 5.74) is 1.11. The molecule has 2 aromatic heterocycles. The molecule has 19 heavy (non-hydrogen) atoms. The van der Waals surface area contributed by atoms with Crippen molar-refractivity contribution in [3.05, 3.63) is 29.0 Å². The normalized spacial score (nSPS) is 14.5. The molecule has 2 atom stereocenters. The van der Waals surface area contributed by atoms with Gasteiger partial charge >= 0.3 is 0 Å². The van der Waals surface area contributed by atoms with E-state index in [1.807, 2.05) is 10.9 Å². The summed E-state index contributed by atoms with van der Waals surface area (Å²) in [5.74, 6) is 0. The molecule has 5 nitrogen and oxygen atoms in total. The molecule has 0 fully saturated rings. The fraction of sp³-hybridized carbons (Fsp3) is 0.615. The molecule has 2 rings (SSSR count). The van der Waals surface area contributed by atoms with Gasteiger partial charge in [-0.2, -0.15) is 5.10 Å². The molecular formula is C13H21N5S. The number of hydrogen-bond donors (Lipinski definition) is 1. The Balaban J connectivity index is 2.07. The fourth-order valence-corrected chi connectivity index (χ4v) is 2.55. The summed E-state index contributed by atoms with van der Waals surface area (Å²) in [5, 5.41) is 12.0. The average Bonchev–Trinajstić information content (AvgIpc) is 3.08. The minimum Gasteiger partial charge on any atom is -0.309 e. The van der Waals surface area contributed by atoms with Gasteiger partial charge in [-0.1, -0.05) is 18.3 Å². The molecule has 2 aromatic rings. The predicted molar refractivity (Wildman–Crippen MR) is 77.3 cm³/mol. The van der Waals surface area contributed by atoms with E-state index < -0.39 is 0 Å². The maximum absolute atomic E-state index is 4.65. The van der Waals surface area contributed by atoms with Crippen LogP contribution < -0.4 is 5.32 Å². The van der Waals surface area contributed by atoms with Crippen LogP contribution in [-0.4, -0.2) is 25.9 Å². The highest BCUT2D eigenvalue weighted by Crippen LogP contribution is 2.20. The highest BCUT2D eigenvalue weighted by molar-refractivity contribution is 7.05. The van der Waals surface area contributed by atoms with Crippen molar-refractivity contribution in [2.24, 2.45) is 0 Å². The number of hydrogen-bond acceptors (Lipinski definition) is 5. The summed E-state index contributed by atoms with van der Waals surface area (Å²) in [7, 11) is 0. The van der Waals surface area contributed by atoms with Crippen molar-refractivity contribution in [2.45, 2.75) is 45.7 Å². The van der Waals surface area contributed by atoms with E-state index in [9.17, 15) is 0 Å². The molecule has 0 saturated heterocycles. The van der Waals surface area contributed by atoms with Gasteiger partial charge in [0.25, 0.3) is 0 Å². The monoisotopic (exact) mass is 279 g/mol. The Hall–Kier alpha value is -1.27. The van der Waals surface area contributed by atoms with Crippen molar-refractivity contribution >= 4 is 11.5 Å². The fourth-order valence-electron chi connectivity index (χ4n) is 1.98. The summed E-state index contributed by atoms with van der Waals surface area (Å²) in [6.07, 6.45) is 5.87. The van der Waals surface area contributed by atoms with Gasteiger partial charge in [0.05, 0.1) is 22.8 Å². The molecule has 0 spiro atoms. The zero-order chi connectivity index (χ0) is 13.7. The van der Waals surface area contributed by atoms with Gasteiger partial charge in [-0.3, -0.25) is 4.68 Å². The maximum atomic E-state index is 4.65. The van der Waals surface area contributed by atoms with Crippen LogP contribution in [0.3, 0.4) is 0 Å². The third-order valence-corrected chi connectivity index (χ3v) is 4.07. The number of aromatic nitrogens is 4. The van der Waals surface area contributed by atoms with E-state index in [1.54, 1.807) is 0 Å². The summed E-state index contributed by atoms with van der Waals surface area (Å²) < 4.78 is 5.98. The van der Waals surface area contributed by atoms with Crippen LogP contribution in [0.4, 0.5) is 0 Å². The molecule has 0 aliphatic rings. The first kappa shape index (κ1) is 14.1. The maximum Gasteiger partial charge on any atom is 0.0669 e. The molecule has 1 N–H and O–H groups in total. The van der Waals surface area contributed by atoms with E-state index in [0.29, 0.717) is 6.04 Å². The minimum atomic E-state index is 0.255. The van der Waals surface area contributed by atoms with Crippen LogP contribution in [-0.2, 0) is 6.42 Å². The minimum absolute atomic E-state index is 0.255. The largest absolute Gasteiger partial charge is 0.309 e. The quantitative estimate of drug-likeness (QED) is 0.846. The van der Waals surface area contributed by atoms with Gasteiger partial charge in [0.1, 0.15) is 0 Å². The van der Waals surface area contributed by atoms with Crippen LogP contribution in [0.25, 0.3) is 0 Å². The molecular weight excluding hydrogens is 258 g/mol. The molecule has 6 heteroatoms. The molecule has 2 unspecified atom stereocenters. The Labute approximate surface area is 118 Å². The molecule has 0 aromatic carbocycles. The van der Waals surface area contributed by atoms with E-state index in [2.05, 4.69) is 53.0 Å². The zero-order valence-electron chi connectivity index (χ0n) is 11.7. The van der Waals surface area contributed by atoms with Crippen molar-refractivity contribution in [3.63, 3.8) is 0 Å². The second-order valence-corrected chi connectivity index (χ2v) is 5.50. The molecule has 104 valence electrons. The molecule has 0 bridgehead atoms. The Morgan fingerprint density at radius 1 is 1.42 bits per heavy atom. The lowest BCUT2D eigenvalue weighted by atomic mass is 10.1. The lowest BCUT2D eigenvalue weighted by molar-refractivity contribution is 0.467. The van der Waals surface area contributed by atoms with Crippen LogP contribution >= 0.6 is 11.5 Å². The van der Waals surface area contributed by atoms with Crippen LogP contribution in [0.5, 0.6) is 0 Å². The Kier molecular flexibility index (Phi) is 5.04. The molecule has 0 aliphatic heterocycles. The van der Waals surface area contributed by atoms with E-state index in [-0.39, 0.29) is 6.04 Å². The van der Waals surface area contributed by atoms with Gasteiger partial charge in [0.15, 0.2) is 0 Å². The second kappa shape index (κ2) is 6.77. The van der Waals surface area contributed by atoms with Gasteiger partial charge in [-0.25, -0.2) is 0 Å². The predicted octanol–water partition coefficient (Wildman–Crippen LogP) is 2.60. The van der Waals surface area contributed by atoms with Gasteiger partial charge in [0, 0.05) is 18.7 Å². The SMILES string of the molecule is CCNC(Cc1ccn(C(C)CC)n1)c1cnns1. The van der Waals surface area contributed by atoms with E-state index in [1.165, 1.54) is 16.4 Å². The van der Waals surface area contributed by atoms with Crippen molar-refractivity contribution in [1.82, 2.24) is 24.7 Å². The Bertz CT molecular complexity index is 479. The smallest absolute Gasteiger partial charge is 0.0669 e. The first-order valence-electron chi connectivity index (χ1n) is 6.79. The van der Waals surface area contributed by atoms with E-state index in [0.717, 1.165) is 25.1 Å². The molecule has 0 radical (unpaired) electrons. The van der Waals surface area contributed by atoms with E-state index >= 15 is 0 Å². The van der Waals surface area contributed by atoms with Crippen molar-refractivity contribution in [2.75, 3.05) is 6.54 Å². The van der Waals surface area contributed by atoms with Gasteiger partial charge in [-0.15, -0.1) is 5.10 Å². The second-order valence-electron chi connectivity index (χ2n) is 4.68. The van der Waals surface area contributed by atoms with Gasteiger partial charge in [-0.05, 0) is 37.5 Å². The topological polar surface area (TPSA) is 55.6 Å². The molecule has 0 aliphatic carbocycles. The third kappa shape index (κ3) is 3.61. The van der Waals surface area contributed by atoms with Crippen molar-refractivity contribution in [3.8, 4) is 0 Å². The van der Waals surface area contributed by atoms with Crippen molar-refractivity contribution in [1.29, 1.82) is 0 Å². The molecule has 0 amide bonds. The van der Waals surface area contributed by atoms with Crippen LogP contribution in [0, 0.1) is 0 Å². The van der Waals surface area contributed by atoms with Gasteiger partial charge in [0.2, 0.25) is 0 Å². The van der Waals surface area contributed by atoms with Crippen LogP contribution in [0.15, 0.2) is 18.5 Å². The summed E-state index contributed by atoms with van der Waals surface area (Å²) >= 11 is 1.45. The zero-order valence-corrected chi connectivity index (χ0v) is 12.5. The highest BCUT2D eigenvalue weighted by atomic mass is 32.1. The summed E-state index contributed by atoms with van der Waals surface area (Å²) in [4.78, 5) is 1.17. The highest BCUT2D eigenvalue weighted by Gasteiger charge is 2.15. The summed E-state index contributed by atoms with van der Waals surface area (Å²) in [6, 6.07) is 2.81. The number of nitrogens with zero attached hydrogens (tertiary/aromatic N) is 4. The lowest BCUT2D eigenvalue weighted by Crippen LogP contribution is -2.22. The third-order valence-electron chi connectivity index (χ3n) is 3.29. The van der Waals surface area contributed by atoms with Crippen LogP contribution in [0.2, 0.25) is 0 Å². The summed E-state index contributed by atoms with van der Waals surface area (Å²) in [6.45, 7) is 7.40. The lowest BCUT2D eigenvalue weighted by Gasteiger charge is -2.14. The molecule has 0 saturated carbocycles. The van der Waals surface area contributed by atoms with Gasteiger partial charge < -0.3 is 5.32 Å². The number of nitrogens with one attached hydrogen (secondary N) is 1. The van der Waals surface area contributed by atoms with Crippen LogP contribution in [0.1, 0.15) is 49.8 Å².